The Hall–Kier alpha value is -1.72. The maximum absolute atomic E-state index is 6.08. The first kappa shape index (κ1) is 12.7. The predicted octanol–water partition coefficient (Wildman–Crippen LogP) is 2.00. The molecule has 1 heterocycles. The molecule has 0 aliphatic carbocycles. The lowest BCUT2D eigenvalue weighted by Crippen LogP contribution is -2.21. The van der Waals surface area contributed by atoms with E-state index in [1.807, 2.05) is 44.2 Å². The zero-order valence-corrected chi connectivity index (χ0v) is 10.8. The molecule has 18 heavy (non-hydrogen) atoms. The number of methoxy groups -OCH3 is 1. The smallest absolute Gasteiger partial charge is 0.248 e. The standard InChI is InChI=1S/C13H17N3O2/c1-13(2,17-3)12-15-11(18-16-12)10(14)9-7-5-4-6-8-9/h4-8,10H,14H2,1-3H3/t10-/m0/s1. The highest BCUT2D eigenvalue weighted by atomic mass is 16.5. The largest absolute Gasteiger partial charge is 0.371 e. The molecule has 5 nitrogen and oxygen atoms in total. The van der Waals surface area contributed by atoms with Crippen molar-refractivity contribution in [2.45, 2.75) is 25.5 Å². The lowest BCUT2D eigenvalue weighted by Gasteiger charge is -2.17. The Bertz CT molecular complexity index is 508. The van der Waals surface area contributed by atoms with Crippen molar-refractivity contribution < 1.29 is 9.26 Å². The molecule has 2 rings (SSSR count). The molecule has 1 atom stereocenters. The van der Waals surface area contributed by atoms with E-state index in [1.54, 1.807) is 7.11 Å². The van der Waals surface area contributed by atoms with Crippen LogP contribution in [0.5, 0.6) is 0 Å². The average molecular weight is 247 g/mol. The fraction of sp³-hybridized carbons (Fsp3) is 0.385. The average Bonchev–Trinajstić information content (AvgIpc) is 2.89. The Kier molecular flexibility index (Phi) is 3.45. The van der Waals surface area contributed by atoms with Gasteiger partial charge >= 0.3 is 0 Å². The molecule has 2 N–H and O–H groups in total. The Morgan fingerprint density at radius 3 is 2.56 bits per heavy atom. The molecule has 0 spiro atoms. The zero-order chi connectivity index (χ0) is 13.2. The van der Waals surface area contributed by atoms with Crippen LogP contribution in [0.3, 0.4) is 0 Å². The van der Waals surface area contributed by atoms with Crippen LogP contribution in [-0.2, 0) is 10.3 Å². The van der Waals surface area contributed by atoms with Crippen molar-refractivity contribution >= 4 is 0 Å². The number of benzene rings is 1. The SMILES string of the molecule is COC(C)(C)c1noc([C@@H](N)c2ccccc2)n1. The van der Waals surface area contributed by atoms with Gasteiger partial charge in [0.05, 0.1) is 0 Å². The fourth-order valence-electron chi connectivity index (χ4n) is 1.50. The van der Waals surface area contributed by atoms with Crippen molar-refractivity contribution in [2.75, 3.05) is 7.11 Å². The third-order valence-electron chi connectivity index (χ3n) is 2.92. The van der Waals surface area contributed by atoms with Gasteiger partial charge in [-0.1, -0.05) is 35.5 Å². The van der Waals surface area contributed by atoms with Crippen molar-refractivity contribution in [3.63, 3.8) is 0 Å². The number of rotatable bonds is 4. The quantitative estimate of drug-likeness (QED) is 0.894. The van der Waals surface area contributed by atoms with E-state index in [2.05, 4.69) is 10.1 Å². The molecular formula is C13H17N3O2. The molecule has 0 unspecified atom stereocenters. The Balaban J connectivity index is 2.26. The molecule has 1 aromatic heterocycles. The van der Waals surface area contributed by atoms with Gasteiger partial charge in [0.1, 0.15) is 11.6 Å². The van der Waals surface area contributed by atoms with Gasteiger partial charge in [-0.15, -0.1) is 0 Å². The topological polar surface area (TPSA) is 74.2 Å². The van der Waals surface area contributed by atoms with Gasteiger partial charge in [0.2, 0.25) is 11.7 Å². The van der Waals surface area contributed by atoms with E-state index >= 15 is 0 Å². The first-order valence-corrected chi connectivity index (χ1v) is 5.74. The molecule has 2 aromatic rings. The molecule has 0 bridgehead atoms. The molecule has 0 aliphatic heterocycles. The minimum atomic E-state index is -0.585. The van der Waals surface area contributed by atoms with Crippen LogP contribution in [0, 0.1) is 0 Å². The molecule has 0 amide bonds. The molecular weight excluding hydrogens is 230 g/mol. The minimum Gasteiger partial charge on any atom is -0.371 e. The number of hydrogen-bond acceptors (Lipinski definition) is 5. The molecule has 96 valence electrons. The van der Waals surface area contributed by atoms with Gasteiger partial charge in [-0.2, -0.15) is 4.98 Å². The van der Waals surface area contributed by atoms with Crippen molar-refractivity contribution in [3.8, 4) is 0 Å². The van der Waals surface area contributed by atoms with Gasteiger partial charge in [0.25, 0.3) is 0 Å². The van der Waals surface area contributed by atoms with E-state index in [1.165, 1.54) is 0 Å². The Labute approximate surface area is 106 Å². The lowest BCUT2D eigenvalue weighted by atomic mass is 10.1. The van der Waals surface area contributed by atoms with Crippen LogP contribution < -0.4 is 5.73 Å². The summed E-state index contributed by atoms with van der Waals surface area (Å²) in [7, 11) is 1.60. The van der Waals surface area contributed by atoms with Crippen LogP contribution in [0.25, 0.3) is 0 Å². The van der Waals surface area contributed by atoms with Gasteiger partial charge in [0, 0.05) is 7.11 Å². The Morgan fingerprint density at radius 1 is 1.28 bits per heavy atom. The molecule has 0 saturated heterocycles. The van der Waals surface area contributed by atoms with Crippen LogP contribution in [-0.4, -0.2) is 17.3 Å². The molecule has 0 saturated carbocycles. The summed E-state index contributed by atoms with van der Waals surface area (Å²) in [4.78, 5) is 4.30. The highest BCUT2D eigenvalue weighted by molar-refractivity contribution is 5.23. The summed E-state index contributed by atoms with van der Waals surface area (Å²) >= 11 is 0. The van der Waals surface area contributed by atoms with Crippen molar-refractivity contribution in [1.82, 2.24) is 10.1 Å². The lowest BCUT2D eigenvalue weighted by molar-refractivity contribution is 0.00973. The van der Waals surface area contributed by atoms with E-state index in [0.29, 0.717) is 11.7 Å². The normalized spacial score (nSPS) is 13.6. The first-order chi connectivity index (χ1) is 8.54. The Morgan fingerprint density at radius 2 is 1.94 bits per heavy atom. The summed E-state index contributed by atoms with van der Waals surface area (Å²) in [5.74, 6) is 0.882. The van der Waals surface area contributed by atoms with Crippen LogP contribution in [0.15, 0.2) is 34.9 Å². The summed E-state index contributed by atoms with van der Waals surface area (Å²) in [6.45, 7) is 3.74. The van der Waals surface area contributed by atoms with Gasteiger partial charge in [0.15, 0.2) is 0 Å². The van der Waals surface area contributed by atoms with Crippen LogP contribution in [0.1, 0.15) is 37.2 Å². The van der Waals surface area contributed by atoms with E-state index in [0.717, 1.165) is 5.56 Å². The second kappa shape index (κ2) is 4.88. The van der Waals surface area contributed by atoms with Crippen molar-refractivity contribution in [1.29, 1.82) is 0 Å². The summed E-state index contributed by atoms with van der Waals surface area (Å²) in [5, 5.41) is 3.91. The predicted molar refractivity (Wildman–Crippen MR) is 66.8 cm³/mol. The maximum Gasteiger partial charge on any atom is 0.248 e. The minimum absolute atomic E-state index is 0.390. The number of aromatic nitrogens is 2. The molecule has 0 aliphatic rings. The highest BCUT2D eigenvalue weighted by Gasteiger charge is 2.27. The molecule has 0 fully saturated rings. The third kappa shape index (κ3) is 2.42. The first-order valence-electron chi connectivity index (χ1n) is 5.74. The van der Waals surface area contributed by atoms with Crippen molar-refractivity contribution in [3.05, 3.63) is 47.6 Å². The van der Waals surface area contributed by atoms with E-state index in [9.17, 15) is 0 Å². The monoisotopic (exact) mass is 247 g/mol. The molecule has 5 heteroatoms. The summed E-state index contributed by atoms with van der Waals surface area (Å²) in [6, 6.07) is 9.22. The summed E-state index contributed by atoms with van der Waals surface area (Å²) in [5.41, 5.74) is 6.43. The van der Waals surface area contributed by atoms with Crippen molar-refractivity contribution in [2.24, 2.45) is 5.73 Å². The molecule has 1 aromatic carbocycles. The van der Waals surface area contributed by atoms with Gasteiger partial charge in [-0.25, -0.2) is 0 Å². The van der Waals surface area contributed by atoms with E-state index in [-0.39, 0.29) is 0 Å². The van der Waals surface area contributed by atoms with Crippen LogP contribution in [0.4, 0.5) is 0 Å². The zero-order valence-electron chi connectivity index (χ0n) is 10.8. The molecule has 0 radical (unpaired) electrons. The highest BCUT2D eigenvalue weighted by Crippen LogP contribution is 2.23. The van der Waals surface area contributed by atoms with Gasteiger partial charge in [-0.3, -0.25) is 0 Å². The number of hydrogen-bond donors (Lipinski definition) is 1. The van der Waals surface area contributed by atoms with Crippen LogP contribution in [0.2, 0.25) is 0 Å². The fourth-order valence-corrected chi connectivity index (χ4v) is 1.50. The number of nitrogens with two attached hydrogens (primary N) is 1. The number of nitrogens with zero attached hydrogens (tertiary/aromatic N) is 2. The second-order valence-electron chi connectivity index (χ2n) is 4.56. The van der Waals surface area contributed by atoms with Crippen LogP contribution >= 0.6 is 0 Å². The van der Waals surface area contributed by atoms with E-state index in [4.69, 9.17) is 15.0 Å². The number of ether oxygens (including phenoxy) is 1. The third-order valence-corrected chi connectivity index (χ3v) is 2.92. The van der Waals surface area contributed by atoms with Gasteiger partial charge < -0.3 is 15.0 Å². The summed E-state index contributed by atoms with van der Waals surface area (Å²) in [6.07, 6.45) is 0. The van der Waals surface area contributed by atoms with Gasteiger partial charge in [-0.05, 0) is 19.4 Å². The summed E-state index contributed by atoms with van der Waals surface area (Å²) < 4.78 is 10.5. The van der Waals surface area contributed by atoms with E-state index < -0.39 is 11.6 Å². The second-order valence-corrected chi connectivity index (χ2v) is 4.56. The maximum atomic E-state index is 6.08.